The lowest BCUT2D eigenvalue weighted by Crippen LogP contribution is -2.22. The van der Waals surface area contributed by atoms with E-state index >= 15 is 0 Å². The number of hydrogen-bond donors (Lipinski definition) is 1. The largest absolute Gasteiger partial charge is 0.468 e. The van der Waals surface area contributed by atoms with Crippen LogP contribution in [0.3, 0.4) is 0 Å². The monoisotopic (exact) mass is 250 g/mol. The number of rotatable bonds is 9. The highest BCUT2D eigenvalue weighted by Gasteiger charge is 2.06. The molecular formula is C15H26N2O. The standard InChI is InChI=1S/C15H26N2O/c1-5-7-17(6-2)11-15-8-14(12-18-15)10-16-9-13(3)4/h5,8,12-13,16H,1,6-7,9-11H2,2-4H3. The number of nitrogens with one attached hydrogen (secondary N) is 1. The average Bonchev–Trinajstić information content (AvgIpc) is 2.76. The van der Waals surface area contributed by atoms with Gasteiger partial charge in [-0.1, -0.05) is 26.8 Å². The van der Waals surface area contributed by atoms with Crippen LogP contribution in [0, 0.1) is 5.92 Å². The Morgan fingerprint density at radius 2 is 2.28 bits per heavy atom. The lowest BCUT2D eigenvalue weighted by atomic mass is 10.2. The molecule has 102 valence electrons. The normalized spacial score (nSPS) is 11.4. The maximum atomic E-state index is 5.58. The molecular weight excluding hydrogens is 224 g/mol. The van der Waals surface area contributed by atoms with Crippen LogP contribution in [-0.2, 0) is 13.1 Å². The Kier molecular flexibility index (Phi) is 6.76. The first-order chi connectivity index (χ1) is 8.65. The first kappa shape index (κ1) is 15.0. The van der Waals surface area contributed by atoms with Crippen molar-refractivity contribution in [3.8, 4) is 0 Å². The molecule has 0 fully saturated rings. The van der Waals surface area contributed by atoms with Crippen molar-refractivity contribution in [1.82, 2.24) is 10.2 Å². The quantitative estimate of drug-likeness (QED) is 0.683. The molecule has 0 spiro atoms. The van der Waals surface area contributed by atoms with Crippen molar-refractivity contribution >= 4 is 0 Å². The molecule has 1 aromatic rings. The molecule has 3 heteroatoms. The van der Waals surface area contributed by atoms with E-state index in [2.05, 4.69) is 43.6 Å². The van der Waals surface area contributed by atoms with Crippen molar-refractivity contribution in [2.45, 2.75) is 33.9 Å². The highest BCUT2D eigenvalue weighted by atomic mass is 16.3. The maximum Gasteiger partial charge on any atom is 0.118 e. The summed E-state index contributed by atoms with van der Waals surface area (Å²) in [6.07, 6.45) is 3.78. The van der Waals surface area contributed by atoms with E-state index < -0.39 is 0 Å². The Hall–Kier alpha value is -1.06. The van der Waals surface area contributed by atoms with Crippen LogP contribution >= 0.6 is 0 Å². The van der Waals surface area contributed by atoms with Gasteiger partial charge >= 0.3 is 0 Å². The molecule has 0 saturated heterocycles. The SMILES string of the molecule is C=CCN(CC)Cc1cc(CNCC(C)C)co1. The number of furan rings is 1. The fourth-order valence-corrected chi connectivity index (χ4v) is 1.82. The predicted molar refractivity (Wildman–Crippen MR) is 76.4 cm³/mol. The van der Waals surface area contributed by atoms with E-state index in [1.165, 1.54) is 5.56 Å². The minimum Gasteiger partial charge on any atom is -0.468 e. The van der Waals surface area contributed by atoms with E-state index in [0.717, 1.165) is 38.5 Å². The van der Waals surface area contributed by atoms with Gasteiger partial charge in [0.25, 0.3) is 0 Å². The molecule has 0 aromatic carbocycles. The topological polar surface area (TPSA) is 28.4 Å². The molecule has 1 aromatic heterocycles. The first-order valence-corrected chi connectivity index (χ1v) is 6.76. The van der Waals surface area contributed by atoms with Crippen molar-refractivity contribution in [1.29, 1.82) is 0 Å². The molecule has 0 atom stereocenters. The predicted octanol–water partition coefficient (Wildman–Crippen LogP) is 3.03. The third kappa shape index (κ3) is 5.52. The van der Waals surface area contributed by atoms with E-state index in [4.69, 9.17) is 4.42 Å². The van der Waals surface area contributed by atoms with Crippen molar-refractivity contribution < 1.29 is 4.42 Å². The molecule has 0 radical (unpaired) electrons. The van der Waals surface area contributed by atoms with Gasteiger partial charge in [0.2, 0.25) is 0 Å². The maximum absolute atomic E-state index is 5.58. The van der Waals surface area contributed by atoms with Gasteiger partial charge in [-0.25, -0.2) is 0 Å². The van der Waals surface area contributed by atoms with Gasteiger partial charge in [-0.15, -0.1) is 6.58 Å². The van der Waals surface area contributed by atoms with Crippen LogP contribution < -0.4 is 5.32 Å². The molecule has 1 rings (SSSR count). The van der Waals surface area contributed by atoms with Gasteiger partial charge in [0.1, 0.15) is 5.76 Å². The molecule has 0 unspecified atom stereocenters. The van der Waals surface area contributed by atoms with Gasteiger partial charge in [0.15, 0.2) is 0 Å². The second-order valence-corrected chi connectivity index (χ2v) is 5.06. The van der Waals surface area contributed by atoms with E-state index in [1.807, 2.05) is 12.3 Å². The summed E-state index contributed by atoms with van der Waals surface area (Å²) < 4.78 is 5.58. The Bertz CT molecular complexity index is 344. The van der Waals surface area contributed by atoms with Crippen molar-refractivity contribution in [2.75, 3.05) is 19.6 Å². The van der Waals surface area contributed by atoms with E-state index in [9.17, 15) is 0 Å². The Balaban J connectivity index is 2.39. The first-order valence-electron chi connectivity index (χ1n) is 6.76. The van der Waals surface area contributed by atoms with Gasteiger partial charge in [-0.3, -0.25) is 4.90 Å². The minimum atomic E-state index is 0.680. The van der Waals surface area contributed by atoms with Gasteiger partial charge < -0.3 is 9.73 Å². The fraction of sp³-hybridized carbons (Fsp3) is 0.600. The Morgan fingerprint density at radius 1 is 1.50 bits per heavy atom. The summed E-state index contributed by atoms with van der Waals surface area (Å²) >= 11 is 0. The van der Waals surface area contributed by atoms with Crippen LogP contribution in [0.2, 0.25) is 0 Å². The molecule has 1 N–H and O–H groups in total. The lowest BCUT2D eigenvalue weighted by molar-refractivity contribution is 0.281. The summed E-state index contributed by atoms with van der Waals surface area (Å²) in [5, 5.41) is 3.42. The van der Waals surface area contributed by atoms with Crippen LogP contribution in [0.4, 0.5) is 0 Å². The van der Waals surface area contributed by atoms with Crippen LogP contribution in [0.1, 0.15) is 32.1 Å². The number of likely N-dealkylation sites (N-methyl/N-ethyl adjacent to an activating group) is 1. The molecule has 0 amide bonds. The highest BCUT2D eigenvalue weighted by molar-refractivity contribution is 5.12. The minimum absolute atomic E-state index is 0.680. The summed E-state index contributed by atoms with van der Waals surface area (Å²) in [4.78, 5) is 2.29. The second-order valence-electron chi connectivity index (χ2n) is 5.06. The summed E-state index contributed by atoms with van der Waals surface area (Å²) in [7, 11) is 0. The zero-order valence-electron chi connectivity index (χ0n) is 11.9. The van der Waals surface area contributed by atoms with Crippen molar-refractivity contribution in [3.05, 3.63) is 36.3 Å². The van der Waals surface area contributed by atoms with Crippen LogP contribution in [0.25, 0.3) is 0 Å². The molecule has 1 heterocycles. The van der Waals surface area contributed by atoms with E-state index in [-0.39, 0.29) is 0 Å². The third-order valence-electron chi connectivity index (χ3n) is 2.80. The van der Waals surface area contributed by atoms with Gasteiger partial charge in [-0.2, -0.15) is 0 Å². The summed E-state index contributed by atoms with van der Waals surface area (Å²) in [5.74, 6) is 1.71. The Morgan fingerprint density at radius 3 is 2.89 bits per heavy atom. The van der Waals surface area contributed by atoms with E-state index in [1.54, 1.807) is 0 Å². The zero-order chi connectivity index (χ0) is 13.4. The summed E-state index contributed by atoms with van der Waals surface area (Å²) in [5.41, 5.74) is 1.22. The van der Waals surface area contributed by atoms with E-state index in [0.29, 0.717) is 5.92 Å². The van der Waals surface area contributed by atoms with Gasteiger partial charge in [-0.05, 0) is 25.1 Å². The summed E-state index contributed by atoms with van der Waals surface area (Å²) in [6.45, 7) is 15.0. The molecule has 3 nitrogen and oxygen atoms in total. The molecule has 0 bridgehead atoms. The molecule has 0 aliphatic carbocycles. The second kappa shape index (κ2) is 8.11. The summed E-state index contributed by atoms with van der Waals surface area (Å²) in [6, 6.07) is 2.14. The zero-order valence-corrected chi connectivity index (χ0v) is 11.9. The molecule has 0 aliphatic heterocycles. The van der Waals surface area contributed by atoms with Crippen molar-refractivity contribution in [3.63, 3.8) is 0 Å². The van der Waals surface area contributed by atoms with Crippen LogP contribution in [0.5, 0.6) is 0 Å². The molecule has 0 aliphatic rings. The number of hydrogen-bond acceptors (Lipinski definition) is 3. The lowest BCUT2D eigenvalue weighted by Gasteiger charge is -2.16. The van der Waals surface area contributed by atoms with Crippen molar-refractivity contribution in [2.24, 2.45) is 5.92 Å². The third-order valence-corrected chi connectivity index (χ3v) is 2.80. The molecule has 18 heavy (non-hydrogen) atoms. The van der Waals surface area contributed by atoms with Gasteiger partial charge in [0.05, 0.1) is 12.8 Å². The van der Waals surface area contributed by atoms with Crippen LogP contribution in [0.15, 0.2) is 29.4 Å². The Labute approximate surface area is 111 Å². The average molecular weight is 250 g/mol. The molecule has 0 saturated carbocycles. The number of nitrogens with zero attached hydrogens (tertiary/aromatic N) is 1. The fourth-order valence-electron chi connectivity index (χ4n) is 1.82. The van der Waals surface area contributed by atoms with Gasteiger partial charge in [0, 0.05) is 18.7 Å². The van der Waals surface area contributed by atoms with Crippen LogP contribution in [-0.4, -0.2) is 24.5 Å². The smallest absolute Gasteiger partial charge is 0.118 e. The highest BCUT2D eigenvalue weighted by Crippen LogP contribution is 2.10.